The molecular weight excluding hydrogens is 210 g/mol. The van der Waals surface area contributed by atoms with Gasteiger partial charge in [-0.1, -0.05) is 11.6 Å². The SMILES string of the molecule is CC(C)n1nc2ccc(Cl)cc2c1CN. The van der Waals surface area contributed by atoms with Gasteiger partial charge in [0.05, 0.1) is 11.2 Å². The Morgan fingerprint density at radius 1 is 1.47 bits per heavy atom. The minimum absolute atomic E-state index is 0.315. The molecule has 15 heavy (non-hydrogen) atoms. The highest BCUT2D eigenvalue weighted by Gasteiger charge is 2.11. The van der Waals surface area contributed by atoms with Gasteiger partial charge in [-0.05, 0) is 32.0 Å². The molecule has 0 fully saturated rings. The Morgan fingerprint density at radius 3 is 2.80 bits per heavy atom. The molecule has 80 valence electrons. The minimum Gasteiger partial charge on any atom is -0.325 e. The zero-order chi connectivity index (χ0) is 11.0. The van der Waals surface area contributed by atoms with Crippen molar-refractivity contribution >= 4 is 22.5 Å². The second-order valence-electron chi connectivity index (χ2n) is 3.85. The number of fused-ring (bicyclic) bond motifs is 1. The molecule has 0 spiro atoms. The second kappa shape index (κ2) is 3.83. The molecule has 0 aliphatic heterocycles. The predicted octanol–water partition coefficient (Wildman–Crippen LogP) is 2.73. The van der Waals surface area contributed by atoms with Gasteiger partial charge in [-0.25, -0.2) is 0 Å². The number of nitrogens with two attached hydrogens (primary N) is 1. The first-order valence-corrected chi connectivity index (χ1v) is 5.38. The zero-order valence-corrected chi connectivity index (χ0v) is 9.62. The Bertz CT molecular complexity index is 488. The first kappa shape index (κ1) is 10.5. The molecule has 0 atom stereocenters. The third-order valence-electron chi connectivity index (χ3n) is 2.44. The van der Waals surface area contributed by atoms with Gasteiger partial charge in [0, 0.05) is 23.0 Å². The maximum absolute atomic E-state index is 5.96. The van der Waals surface area contributed by atoms with Crippen molar-refractivity contribution in [1.82, 2.24) is 9.78 Å². The Labute approximate surface area is 93.8 Å². The van der Waals surface area contributed by atoms with Crippen molar-refractivity contribution in [3.8, 4) is 0 Å². The number of hydrogen-bond donors (Lipinski definition) is 1. The Kier molecular flexibility index (Phi) is 2.67. The van der Waals surface area contributed by atoms with Crippen LogP contribution in [0.4, 0.5) is 0 Å². The average Bonchev–Trinajstić information content (AvgIpc) is 2.55. The van der Waals surface area contributed by atoms with Crippen LogP contribution in [0.5, 0.6) is 0 Å². The molecule has 2 aromatic rings. The molecule has 4 heteroatoms. The van der Waals surface area contributed by atoms with Crippen molar-refractivity contribution in [2.24, 2.45) is 5.73 Å². The fraction of sp³-hybridized carbons (Fsp3) is 0.364. The second-order valence-corrected chi connectivity index (χ2v) is 4.29. The van der Waals surface area contributed by atoms with Gasteiger partial charge in [0.25, 0.3) is 0 Å². The molecule has 0 unspecified atom stereocenters. The molecule has 0 amide bonds. The largest absolute Gasteiger partial charge is 0.325 e. The van der Waals surface area contributed by atoms with Crippen LogP contribution in [0.25, 0.3) is 10.9 Å². The summed E-state index contributed by atoms with van der Waals surface area (Å²) in [4.78, 5) is 0. The van der Waals surface area contributed by atoms with Gasteiger partial charge in [0.1, 0.15) is 0 Å². The maximum atomic E-state index is 5.96. The fourth-order valence-electron chi connectivity index (χ4n) is 1.76. The van der Waals surface area contributed by atoms with E-state index in [0.717, 1.165) is 21.6 Å². The smallest absolute Gasteiger partial charge is 0.0927 e. The molecule has 1 aromatic heterocycles. The van der Waals surface area contributed by atoms with Crippen molar-refractivity contribution in [2.75, 3.05) is 0 Å². The Hall–Kier alpha value is -1.06. The van der Waals surface area contributed by atoms with Gasteiger partial charge in [0.2, 0.25) is 0 Å². The van der Waals surface area contributed by atoms with E-state index in [4.69, 9.17) is 17.3 Å². The lowest BCUT2D eigenvalue weighted by atomic mass is 10.2. The van der Waals surface area contributed by atoms with E-state index in [1.807, 2.05) is 22.9 Å². The van der Waals surface area contributed by atoms with Crippen molar-refractivity contribution in [2.45, 2.75) is 26.4 Å². The molecule has 0 radical (unpaired) electrons. The number of nitrogens with zero attached hydrogens (tertiary/aromatic N) is 2. The van der Waals surface area contributed by atoms with Crippen LogP contribution in [0.3, 0.4) is 0 Å². The van der Waals surface area contributed by atoms with E-state index in [0.29, 0.717) is 12.6 Å². The molecule has 1 aromatic carbocycles. The highest BCUT2D eigenvalue weighted by Crippen LogP contribution is 2.24. The standard InChI is InChI=1S/C11H14ClN3/c1-7(2)15-11(6-13)9-5-8(12)3-4-10(9)14-15/h3-5,7H,6,13H2,1-2H3. The molecule has 1 heterocycles. The lowest BCUT2D eigenvalue weighted by Crippen LogP contribution is -2.10. The van der Waals surface area contributed by atoms with E-state index in [2.05, 4.69) is 18.9 Å². The fourth-order valence-corrected chi connectivity index (χ4v) is 1.93. The number of aromatic nitrogens is 2. The van der Waals surface area contributed by atoms with Crippen LogP contribution < -0.4 is 5.73 Å². The van der Waals surface area contributed by atoms with Crippen LogP contribution >= 0.6 is 11.6 Å². The summed E-state index contributed by atoms with van der Waals surface area (Å²) in [6.07, 6.45) is 0. The summed E-state index contributed by atoms with van der Waals surface area (Å²) in [5.41, 5.74) is 7.74. The summed E-state index contributed by atoms with van der Waals surface area (Å²) in [5.74, 6) is 0. The summed E-state index contributed by atoms with van der Waals surface area (Å²) in [5, 5.41) is 6.28. The van der Waals surface area contributed by atoms with E-state index >= 15 is 0 Å². The first-order valence-electron chi connectivity index (χ1n) is 5.00. The first-order chi connectivity index (χ1) is 7.13. The summed E-state index contributed by atoms with van der Waals surface area (Å²) in [7, 11) is 0. The quantitative estimate of drug-likeness (QED) is 0.851. The monoisotopic (exact) mass is 223 g/mol. The van der Waals surface area contributed by atoms with Crippen LogP contribution in [0, 0.1) is 0 Å². The van der Waals surface area contributed by atoms with Crippen LogP contribution in [0.2, 0.25) is 5.02 Å². The van der Waals surface area contributed by atoms with E-state index in [1.54, 1.807) is 0 Å². The van der Waals surface area contributed by atoms with Gasteiger partial charge < -0.3 is 5.73 Å². The molecule has 0 aliphatic rings. The van der Waals surface area contributed by atoms with E-state index in [1.165, 1.54) is 0 Å². The zero-order valence-electron chi connectivity index (χ0n) is 8.87. The Morgan fingerprint density at radius 2 is 2.20 bits per heavy atom. The van der Waals surface area contributed by atoms with Gasteiger partial charge in [0.15, 0.2) is 0 Å². The molecule has 3 nitrogen and oxygen atoms in total. The van der Waals surface area contributed by atoms with Gasteiger partial charge >= 0.3 is 0 Å². The lowest BCUT2D eigenvalue weighted by molar-refractivity contribution is 0.515. The lowest BCUT2D eigenvalue weighted by Gasteiger charge is -2.08. The molecule has 0 saturated carbocycles. The van der Waals surface area contributed by atoms with Crippen molar-refractivity contribution in [3.63, 3.8) is 0 Å². The summed E-state index contributed by atoms with van der Waals surface area (Å²) >= 11 is 5.96. The van der Waals surface area contributed by atoms with E-state index in [-0.39, 0.29) is 0 Å². The highest BCUT2D eigenvalue weighted by atomic mass is 35.5. The van der Waals surface area contributed by atoms with Crippen molar-refractivity contribution < 1.29 is 0 Å². The van der Waals surface area contributed by atoms with E-state index < -0.39 is 0 Å². The minimum atomic E-state index is 0.315. The molecule has 0 saturated heterocycles. The van der Waals surface area contributed by atoms with Gasteiger partial charge in [-0.15, -0.1) is 0 Å². The summed E-state index contributed by atoms with van der Waals surface area (Å²) < 4.78 is 1.96. The summed E-state index contributed by atoms with van der Waals surface area (Å²) in [6.45, 7) is 4.66. The van der Waals surface area contributed by atoms with E-state index in [9.17, 15) is 0 Å². The Balaban J connectivity index is 2.74. The van der Waals surface area contributed by atoms with Gasteiger partial charge in [-0.2, -0.15) is 5.10 Å². The van der Waals surface area contributed by atoms with Gasteiger partial charge in [-0.3, -0.25) is 4.68 Å². The molecule has 0 aliphatic carbocycles. The molecule has 2 rings (SSSR count). The number of benzene rings is 1. The number of halogens is 1. The predicted molar refractivity (Wildman–Crippen MR) is 63.0 cm³/mol. The normalized spacial score (nSPS) is 11.5. The average molecular weight is 224 g/mol. The highest BCUT2D eigenvalue weighted by molar-refractivity contribution is 6.31. The topological polar surface area (TPSA) is 43.8 Å². The van der Waals surface area contributed by atoms with Crippen LogP contribution in [0.1, 0.15) is 25.6 Å². The van der Waals surface area contributed by atoms with Crippen LogP contribution in [-0.2, 0) is 6.54 Å². The third-order valence-corrected chi connectivity index (χ3v) is 2.68. The van der Waals surface area contributed by atoms with Crippen LogP contribution in [0.15, 0.2) is 18.2 Å². The van der Waals surface area contributed by atoms with Crippen LogP contribution in [-0.4, -0.2) is 9.78 Å². The van der Waals surface area contributed by atoms with Crippen molar-refractivity contribution in [3.05, 3.63) is 28.9 Å². The third kappa shape index (κ3) is 1.73. The number of hydrogen-bond acceptors (Lipinski definition) is 2. The molecular formula is C11H14ClN3. The van der Waals surface area contributed by atoms with Crippen molar-refractivity contribution in [1.29, 1.82) is 0 Å². The maximum Gasteiger partial charge on any atom is 0.0927 e. The molecule has 2 N–H and O–H groups in total. The molecule has 0 bridgehead atoms. The summed E-state index contributed by atoms with van der Waals surface area (Å²) in [6, 6.07) is 6.01. The number of rotatable bonds is 2.